The number of nitrogens with one attached hydrogen (secondary N) is 1. The van der Waals surface area contributed by atoms with Crippen molar-refractivity contribution in [1.29, 1.82) is 0 Å². The first-order valence-corrected chi connectivity index (χ1v) is 8.12. The molecule has 5 nitrogen and oxygen atoms in total. The molecule has 0 saturated carbocycles. The van der Waals surface area contributed by atoms with Crippen LogP contribution in [0.25, 0.3) is 0 Å². The molecule has 3 aliphatic rings. The van der Waals surface area contributed by atoms with Crippen LogP contribution in [0.2, 0.25) is 0 Å². The molecule has 0 aromatic heterocycles. The molecule has 0 radical (unpaired) electrons. The van der Waals surface area contributed by atoms with Gasteiger partial charge in [-0.1, -0.05) is 0 Å². The Morgan fingerprint density at radius 2 is 1.86 bits per heavy atom. The topological polar surface area (TPSA) is 44.8 Å². The quantitative estimate of drug-likeness (QED) is 0.912. The van der Waals surface area contributed by atoms with Crippen LogP contribution < -0.4 is 15.1 Å². The number of ether oxygens (including phenoxy) is 1. The van der Waals surface area contributed by atoms with Gasteiger partial charge in [0, 0.05) is 31.0 Å². The van der Waals surface area contributed by atoms with Crippen LogP contribution >= 0.6 is 0 Å². The van der Waals surface area contributed by atoms with E-state index < -0.39 is 0 Å². The number of hydrogen-bond acceptors (Lipinski definition) is 4. The standard InChI is InChI=1S/C17H23N3O2/c1-18-15-3-2-8-20(16(15)21)14-6-4-13(5-7-14)19-9-17(10-19)11-22-12-17/h4-7,15,18H,2-3,8-12H2,1H3. The summed E-state index contributed by atoms with van der Waals surface area (Å²) in [6.07, 6.45) is 1.98. The highest BCUT2D eigenvalue weighted by atomic mass is 16.5. The minimum absolute atomic E-state index is 0.0396. The van der Waals surface area contributed by atoms with Crippen molar-refractivity contribution in [3.63, 3.8) is 0 Å². The van der Waals surface area contributed by atoms with Crippen LogP contribution in [0.5, 0.6) is 0 Å². The second-order valence-corrected chi connectivity index (χ2v) is 6.84. The lowest BCUT2D eigenvalue weighted by molar-refractivity contribution is -0.127. The van der Waals surface area contributed by atoms with Crippen LogP contribution in [0.1, 0.15) is 12.8 Å². The predicted molar refractivity (Wildman–Crippen MR) is 86.3 cm³/mol. The maximum Gasteiger partial charge on any atom is 0.244 e. The van der Waals surface area contributed by atoms with Gasteiger partial charge >= 0.3 is 0 Å². The van der Waals surface area contributed by atoms with Gasteiger partial charge in [-0.2, -0.15) is 0 Å². The molecule has 4 rings (SSSR count). The molecule has 1 N–H and O–H groups in total. The zero-order valence-electron chi connectivity index (χ0n) is 13.0. The fourth-order valence-electron chi connectivity index (χ4n) is 3.76. The van der Waals surface area contributed by atoms with Crippen LogP contribution in [-0.4, -0.2) is 51.8 Å². The summed E-state index contributed by atoms with van der Waals surface area (Å²) < 4.78 is 5.32. The minimum Gasteiger partial charge on any atom is -0.380 e. The third kappa shape index (κ3) is 2.20. The van der Waals surface area contributed by atoms with Crippen molar-refractivity contribution in [3.05, 3.63) is 24.3 Å². The van der Waals surface area contributed by atoms with Gasteiger partial charge in [0.15, 0.2) is 0 Å². The van der Waals surface area contributed by atoms with E-state index in [-0.39, 0.29) is 11.9 Å². The van der Waals surface area contributed by atoms with Gasteiger partial charge in [0.2, 0.25) is 5.91 Å². The maximum absolute atomic E-state index is 12.4. The van der Waals surface area contributed by atoms with Gasteiger partial charge in [0.25, 0.3) is 0 Å². The van der Waals surface area contributed by atoms with Crippen LogP contribution in [-0.2, 0) is 9.53 Å². The normalized spacial score (nSPS) is 26.8. The highest BCUT2D eigenvalue weighted by molar-refractivity contribution is 5.98. The first kappa shape index (κ1) is 14.0. The molecule has 1 atom stereocenters. The van der Waals surface area contributed by atoms with Gasteiger partial charge in [-0.25, -0.2) is 0 Å². The lowest BCUT2D eigenvalue weighted by Crippen LogP contribution is -2.66. The molecule has 5 heteroatoms. The number of amides is 1. The SMILES string of the molecule is CNC1CCCN(c2ccc(N3CC4(COC4)C3)cc2)C1=O. The molecule has 1 spiro atoms. The molecule has 22 heavy (non-hydrogen) atoms. The van der Waals surface area contributed by atoms with Crippen LogP contribution in [0.4, 0.5) is 11.4 Å². The van der Waals surface area contributed by atoms with E-state index in [9.17, 15) is 4.79 Å². The van der Waals surface area contributed by atoms with E-state index in [2.05, 4.69) is 34.5 Å². The number of benzene rings is 1. The van der Waals surface area contributed by atoms with E-state index >= 15 is 0 Å². The van der Waals surface area contributed by atoms with Crippen LogP contribution in [0.3, 0.4) is 0 Å². The molecule has 1 aromatic rings. The first-order chi connectivity index (χ1) is 10.7. The summed E-state index contributed by atoms with van der Waals surface area (Å²) in [5, 5.41) is 3.11. The number of nitrogens with zero attached hydrogens (tertiary/aromatic N) is 2. The van der Waals surface area contributed by atoms with E-state index in [1.165, 1.54) is 5.69 Å². The number of carbonyl (C=O) groups is 1. The Balaban J connectivity index is 1.44. The van der Waals surface area contributed by atoms with E-state index in [0.29, 0.717) is 5.41 Å². The second kappa shape index (κ2) is 5.25. The van der Waals surface area contributed by atoms with Gasteiger partial charge in [0.1, 0.15) is 0 Å². The fourth-order valence-corrected chi connectivity index (χ4v) is 3.76. The van der Waals surface area contributed by atoms with Crippen molar-refractivity contribution in [2.75, 3.05) is 49.7 Å². The molecule has 3 fully saturated rings. The number of anilines is 2. The molecule has 3 saturated heterocycles. The van der Waals surface area contributed by atoms with E-state index in [4.69, 9.17) is 4.74 Å². The number of hydrogen-bond donors (Lipinski definition) is 1. The summed E-state index contributed by atoms with van der Waals surface area (Å²) >= 11 is 0. The van der Waals surface area contributed by atoms with Crippen LogP contribution in [0.15, 0.2) is 24.3 Å². The first-order valence-electron chi connectivity index (χ1n) is 8.12. The lowest BCUT2D eigenvalue weighted by Gasteiger charge is -2.56. The van der Waals surface area contributed by atoms with Crippen molar-refractivity contribution < 1.29 is 9.53 Å². The number of rotatable bonds is 3. The Morgan fingerprint density at radius 3 is 2.45 bits per heavy atom. The van der Waals surface area contributed by atoms with Crippen molar-refractivity contribution in [3.8, 4) is 0 Å². The molecule has 118 valence electrons. The third-order valence-electron chi connectivity index (χ3n) is 5.18. The average Bonchev–Trinajstić information content (AvgIpc) is 2.45. The Bertz CT molecular complexity index is 560. The smallest absolute Gasteiger partial charge is 0.244 e. The molecule has 3 aliphatic heterocycles. The molecular formula is C17H23N3O2. The van der Waals surface area contributed by atoms with Gasteiger partial charge in [0.05, 0.1) is 24.7 Å². The molecule has 3 heterocycles. The van der Waals surface area contributed by atoms with E-state index in [0.717, 1.165) is 51.4 Å². The minimum atomic E-state index is -0.0396. The Morgan fingerprint density at radius 1 is 1.18 bits per heavy atom. The van der Waals surface area contributed by atoms with Gasteiger partial charge < -0.3 is 19.9 Å². The molecule has 0 bridgehead atoms. The van der Waals surface area contributed by atoms with Gasteiger partial charge in [-0.05, 0) is 44.2 Å². The Kier molecular flexibility index (Phi) is 3.35. The molecule has 0 aliphatic carbocycles. The largest absolute Gasteiger partial charge is 0.380 e. The zero-order valence-corrected chi connectivity index (χ0v) is 13.0. The highest BCUT2D eigenvalue weighted by Crippen LogP contribution is 2.40. The molecular weight excluding hydrogens is 278 g/mol. The zero-order chi connectivity index (χ0) is 15.2. The van der Waals surface area contributed by atoms with Gasteiger partial charge in [-0.3, -0.25) is 4.79 Å². The number of piperidine rings is 1. The Labute approximate surface area is 131 Å². The van der Waals surface area contributed by atoms with Gasteiger partial charge in [-0.15, -0.1) is 0 Å². The van der Waals surface area contributed by atoms with Crippen molar-refractivity contribution >= 4 is 17.3 Å². The summed E-state index contributed by atoms with van der Waals surface area (Å²) in [5.41, 5.74) is 2.69. The third-order valence-corrected chi connectivity index (χ3v) is 5.18. The summed E-state index contributed by atoms with van der Waals surface area (Å²) in [6.45, 7) is 4.83. The second-order valence-electron chi connectivity index (χ2n) is 6.84. The number of likely N-dealkylation sites (N-methyl/N-ethyl adjacent to an activating group) is 1. The lowest BCUT2D eigenvalue weighted by atomic mass is 9.78. The fraction of sp³-hybridized carbons (Fsp3) is 0.588. The Hall–Kier alpha value is -1.59. The summed E-state index contributed by atoms with van der Waals surface area (Å²) in [6, 6.07) is 8.39. The van der Waals surface area contributed by atoms with Crippen molar-refractivity contribution in [2.45, 2.75) is 18.9 Å². The monoisotopic (exact) mass is 301 g/mol. The molecule has 1 aromatic carbocycles. The van der Waals surface area contributed by atoms with E-state index in [1.807, 2.05) is 11.9 Å². The van der Waals surface area contributed by atoms with Crippen molar-refractivity contribution in [1.82, 2.24) is 5.32 Å². The van der Waals surface area contributed by atoms with E-state index in [1.54, 1.807) is 0 Å². The summed E-state index contributed by atoms with van der Waals surface area (Å²) in [5.74, 6) is 0.191. The highest BCUT2D eigenvalue weighted by Gasteiger charge is 2.49. The summed E-state index contributed by atoms with van der Waals surface area (Å²) in [4.78, 5) is 16.7. The van der Waals surface area contributed by atoms with Crippen molar-refractivity contribution in [2.24, 2.45) is 5.41 Å². The molecule has 1 amide bonds. The van der Waals surface area contributed by atoms with Crippen LogP contribution in [0, 0.1) is 5.41 Å². The average molecular weight is 301 g/mol. The summed E-state index contributed by atoms with van der Waals surface area (Å²) in [7, 11) is 1.86. The maximum atomic E-state index is 12.4. The number of carbonyl (C=O) groups excluding carboxylic acids is 1. The molecule has 1 unspecified atom stereocenters. The predicted octanol–water partition coefficient (Wildman–Crippen LogP) is 1.24.